The first-order valence-corrected chi connectivity index (χ1v) is 11.7. The average molecular weight is 238 g/mol. The molecule has 0 radical (unpaired) electrons. The van der Waals surface area contributed by atoms with Crippen molar-refractivity contribution in [3.8, 4) is 0 Å². The molecule has 0 aromatic carbocycles. The molecule has 0 amide bonds. The van der Waals surface area contributed by atoms with Crippen molar-refractivity contribution in [1.82, 2.24) is 3.59 Å². The molecule has 10 heavy (non-hydrogen) atoms. The lowest BCUT2D eigenvalue weighted by Gasteiger charge is -2.33. The maximum atomic E-state index is 3.67. The highest BCUT2D eigenvalue weighted by Gasteiger charge is 2.49. The minimum atomic E-state index is -0.982. The minimum Gasteiger partial charge on any atom is -0.266 e. The van der Waals surface area contributed by atoms with Crippen molar-refractivity contribution in [3.63, 3.8) is 0 Å². The van der Waals surface area contributed by atoms with E-state index in [2.05, 4.69) is 45.9 Å². The Labute approximate surface area is 74.0 Å². The largest absolute Gasteiger partial charge is 0.266 e. The van der Waals surface area contributed by atoms with Gasteiger partial charge in [0.2, 0.25) is 0 Å². The molecule has 1 rings (SSSR count). The first kappa shape index (κ1) is 8.97. The zero-order valence-electron chi connectivity index (χ0n) is 7.24. The highest BCUT2D eigenvalue weighted by atomic mass is 79.9. The Kier molecular flexibility index (Phi) is 2.18. The summed E-state index contributed by atoms with van der Waals surface area (Å²) in [4.78, 5) is 0. The fraction of sp³-hybridized carbons (Fsp3) is 1.00. The van der Waals surface area contributed by atoms with Crippen molar-refractivity contribution in [2.75, 3.05) is 6.54 Å². The zero-order chi connectivity index (χ0) is 7.99. The van der Waals surface area contributed by atoms with Crippen LogP contribution in [0.2, 0.25) is 32.2 Å². The number of nitrogens with zero attached hydrogens (tertiary/aromatic N) is 1. The van der Waals surface area contributed by atoms with Gasteiger partial charge >= 0.3 is 0 Å². The molecule has 1 aliphatic rings. The SMILES string of the molecule is C[Si]1(C)CCN(Br)[Si]1(C)C. The summed E-state index contributed by atoms with van der Waals surface area (Å²) in [5.41, 5.74) is 0. The maximum absolute atomic E-state index is 3.67. The Morgan fingerprint density at radius 2 is 1.70 bits per heavy atom. The number of rotatable bonds is 0. The minimum absolute atomic E-state index is 0.813. The molecule has 0 aliphatic carbocycles. The molecule has 0 spiro atoms. The lowest BCUT2D eigenvalue weighted by Crippen LogP contribution is -2.56. The fourth-order valence-electron chi connectivity index (χ4n) is 1.29. The normalized spacial score (nSPS) is 30.9. The lowest BCUT2D eigenvalue weighted by molar-refractivity contribution is 0.774. The van der Waals surface area contributed by atoms with Gasteiger partial charge in [-0.05, 0) is 12.6 Å². The second-order valence-corrected chi connectivity index (χ2v) is 21.4. The van der Waals surface area contributed by atoms with Gasteiger partial charge in [-0.3, -0.25) is 3.59 Å². The number of hydrogen-bond acceptors (Lipinski definition) is 1. The monoisotopic (exact) mass is 237 g/mol. The quantitative estimate of drug-likeness (QED) is 0.463. The third kappa shape index (κ3) is 1.15. The highest BCUT2D eigenvalue weighted by molar-refractivity contribution is 9.08. The van der Waals surface area contributed by atoms with Crippen LogP contribution in [-0.2, 0) is 0 Å². The molecule has 1 saturated heterocycles. The van der Waals surface area contributed by atoms with Crippen LogP contribution in [0.1, 0.15) is 0 Å². The molecule has 1 nitrogen and oxygen atoms in total. The van der Waals surface area contributed by atoms with Gasteiger partial charge in [0.15, 0.2) is 0 Å². The Hall–Kier alpha value is 0.874. The van der Waals surface area contributed by atoms with Crippen LogP contribution in [-0.4, -0.2) is 25.5 Å². The predicted octanol–water partition coefficient (Wildman–Crippen LogP) is 2.60. The Bertz CT molecular complexity index is 147. The summed E-state index contributed by atoms with van der Waals surface area (Å²) >= 11 is 3.67. The predicted molar refractivity (Wildman–Crippen MR) is 55.4 cm³/mol. The first-order valence-electron chi connectivity index (χ1n) is 3.81. The van der Waals surface area contributed by atoms with Gasteiger partial charge < -0.3 is 0 Å². The van der Waals surface area contributed by atoms with Gasteiger partial charge in [-0.25, -0.2) is 0 Å². The molecule has 60 valence electrons. The van der Waals surface area contributed by atoms with E-state index in [0.717, 1.165) is 0 Å². The second-order valence-electron chi connectivity index (χ2n) is 4.28. The Morgan fingerprint density at radius 1 is 1.20 bits per heavy atom. The molecule has 0 bridgehead atoms. The van der Waals surface area contributed by atoms with Crippen molar-refractivity contribution >= 4 is 31.5 Å². The van der Waals surface area contributed by atoms with E-state index >= 15 is 0 Å². The van der Waals surface area contributed by atoms with Crippen molar-refractivity contribution < 1.29 is 0 Å². The van der Waals surface area contributed by atoms with E-state index in [0.29, 0.717) is 0 Å². The van der Waals surface area contributed by atoms with Gasteiger partial charge in [0.05, 0.1) is 7.59 Å². The summed E-state index contributed by atoms with van der Waals surface area (Å²) in [5, 5.41) is 0. The molecule has 0 aromatic rings. The highest BCUT2D eigenvalue weighted by Crippen LogP contribution is 2.35. The maximum Gasteiger partial charge on any atom is 0.125 e. The van der Waals surface area contributed by atoms with Crippen LogP contribution in [0.15, 0.2) is 0 Å². The van der Waals surface area contributed by atoms with Crippen LogP contribution in [0.25, 0.3) is 0 Å². The molecule has 0 atom stereocenters. The summed E-state index contributed by atoms with van der Waals surface area (Å²) in [6, 6.07) is 1.48. The van der Waals surface area contributed by atoms with Gasteiger partial charge in [0.25, 0.3) is 0 Å². The van der Waals surface area contributed by atoms with E-state index in [9.17, 15) is 0 Å². The van der Waals surface area contributed by atoms with E-state index in [1.165, 1.54) is 12.6 Å². The molecule has 0 unspecified atom stereocenters. The second kappa shape index (κ2) is 2.43. The van der Waals surface area contributed by atoms with Gasteiger partial charge in [-0.1, -0.05) is 26.2 Å². The lowest BCUT2D eigenvalue weighted by atomic mass is 10.8. The smallest absolute Gasteiger partial charge is 0.125 e. The van der Waals surface area contributed by atoms with Crippen LogP contribution in [0.5, 0.6) is 0 Å². The third-order valence-corrected chi connectivity index (χ3v) is 24.9. The van der Waals surface area contributed by atoms with Crippen molar-refractivity contribution in [1.29, 1.82) is 0 Å². The average Bonchev–Trinajstić information content (AvgIpc) is 1.94. The summed E-state index contributed by atoms with van der Waals surface area (Å²) in [5.74, 6) is 0. The van der Waals surface area contributed by atoms with Gasteiger partial charge in [-0.15, -0.1) is 0 Å². The molecule has 4 heteroatoms. The molecule has 1 aliphatic heterocycles. The van der Waals surface area contributed by atoms with Crippen LogP contribution >= 0.6 is 16.1 Å². The topological polar surface area (TPSA) is 3.24 Å². The van der Waals surface area contributed by atoms with Crippen molar-refractivity contribution in [3.05, 3.63) is 0 Å². The fourth-order valence-corrected chi connectivity index (χ4v) is 13.5. The van der Waals surface area contributed by atoms with Crippen LogP contribution < -0.4 is 0 Å². The molecular formula is C6H16BrNSi2. The molecule has 1 fully saturated rings. The Balaban J connectivity index is 2.84. The zero-order valence-corrected chi connectivity index (χ0v) is 10.8. The number of halogens is 1. The summed E-state index contributed by atoms with van der Waals surface area (Å²) in [6.07, 6.45) is 0. The summed E-state index contributed by atoms with van der Waals surface area (Å²) < 4.78 is 2.46. The van der Waals surface area contributed by atoms with Gasteiger partial charge in [0, 0.05) is 16.1 Å². The van der Waals surface area contributed by atoms with Gasteiger partial charge in [0.1, 0.15) is 7.75 Å². The van der Waals surface area contributed by atoms with E-state index in [-0.39, 0.29) is 0 Å². The van der Waals surface area contributed by atoms with Gasteiger partial charge in [-0.2, -0.15) is 0 Å². The number of hydrogen-bond donors (Lipinski definition) is 0. The van der Waals surface area contributed by atoms with E-state index in [4.69, 9.17) is 0 Å². The molecule has 1 heterocycles. The van der Waals surface area contributed by atoms with E-state index < -0.39 is 15.3 Å². The third-order valence-electron chi connectivity index (χ3n) is 3.20. The van der Waals surface area contributed by atoms with E-state index in [1.807, 2.05) is 0 Å². The summed E-state index contributed by atoms with van der Waals surface area (Å²) in [7, 11) is -1.80. The first-order chi connectivity index (χ1) is 4.38. The van der Waals surface area contributed by atoms with E-state index in [1.54, 1.807) is 0 Å². The van der Waals surface area contributed by atoms with Crippen molar-refractivity contribution in [2.24, 2.45) is 0 Å². The molecule has 0 aromatic heterocycles. The van der Waals surface area contributed by atoms with Crippen molar-refractivity contribution in [2.45, 2.75) is 32.2 Å². The van der Waals surface area contributed by atoms with Crippen LogP contribution in [0.3, 0.4) is 0 Å². The standard InChI is InChI=1S/C6H16BrNSi2/c1-9(2)6-5-8(7)10(9,3)4/h5-6H2,1-4H3. The molecular weight excluding hydrogens is 222 g/mol. The van der Waals surface area contributed by atoms with Crippen LogP contribution in [0, 0.1) is 0 Å². The summed E-state index contributed by atoms with van der Waals surface area (Å²) in [6.45, 7) is 11.3. The Morgan fingerprint density at radius 3 is 1.80 bits per heavy atom. The molecule has 0 saturated carbocycles. The molecule has 0 N–H and O–H groups in total. The van der Waals surface area contributed by atoms with Crippen LogP contribution in [0.4, 0.5) is 0 Å².